The maximum atomic E-state index is 12.2. The highest BCUT2D eigenvalue weighted by molar-refractivity contribution is 7.89. The van der Waals surface area contributed by atoms with E-state index in [2.05, 4.69) is 18.6 Å². The highest BCUT2D eigenvalue weighted by atomic mass is 35.5. The Morgan fingerprint density at radius 3 is 2.25 bits per heavy atom. The number of nitrogens with one attached hydrogen (secondary N) is 1. The first-order valence-electron chi connectivity index (χ1n) is 7.02. The second kappa shape index (κ2) is 7.43. The van der Waals surface area contributed by atoms with Gasteiger partial charge in [-0.2, -0.15) is 0 Å². The lowest BCUT2D eigenvalue weighted by Crippen LogP contribution is -2.33. The Morgan fingerprint density at radius 1 is 1.15 bits per heavy atom. The van der Waals surface area contributed by atoms with Gasteiger partial charge in [0.05, 0.1) is 4.90 Å². The molecule has 0 aliphatic heterocycles. The van der Waals surface area contributed by atoms with Crippen molar-refractivity contribution in [1.29, 1.82) is 0 Å². The number of halogens is 1. The molecule has 1 aromatic rings. The molecule has 20 heavy (non-hydrogen) atoms. The number of rotatable bonds is 7. The Balaban J connectivity index is 2.77. The summed E-state index contributed by atoms with van der Waals surface area (Å²) in [6.07, 6.45) is 1.91. The van der Waals surface area contributed by atoms with Crippen LogP contribution in [0.4, 0.5) is 0 Å². The molecule has 1 atom stereocenters. The van der Waals surface area contributed by atoms with Crippen LogP contribution in [-0.2, 0) is 10.0 Å². The molecule has 0 spiro atoms. The van der Waals surface area contributed by atoms with Crippen molar-refractivity contribution in [3.8, 4) is 0 Å². The van der Waals surface area contributed by atoms with Gasteiger partial charge in [-0.15, -0.1) is 11.6 Å². The molecule has 0 radical (unpaired) electrons. The number of sulfonamides is 1. The third-order valence-corrected chi connectivity index (χ3v) is 5.75. The highest BCUT2D eigenvalue weighted by Gasteiger charge is 2.20. The van der Waals surface area contributed by atoms with Crippen LogP contribution in [0.1, 0.15) is 37.8 Å². The van der Waals surface area contributed by atoms with Crippen molar-refractivity contribution < 1.29 is 8.42 Å². The molecule has 1 unspecified atom stereocenters. The summed E-state index contributed by atoms with van der Waals surface area (Å²) in [6, 6.07) is 5.14. The third kappa shape index (κ3) is 4.47. The summed E-state index contributed by atoms with van der Waals surface area (Å²) in [6.45, 7) is 8.27. The minimum Gasteiger partial charge on any atom is -0.210 e. The van der Waals surface area contributed by atoms with Crippen molar-refractivity contribution in [2.45, 2.75) is 50.8 Å². The number of benzene rings is 1. The van der Waals surface area contributed by atoms with Crippen molar-refractivity contribution in [3.05, 3.63) is 29.3 Å². The first-order chi connectivity index (χ1) is 9.31. The van der Waals surface area contributed by atoms with Crippen LogP contribution in [0.25, 0.3) is 0 Å². The van der Waals surface area contributed by atoms with E-state index in [4.69, 9.17) is 11.6 Å². The molecule has 0 bridgehead atoms. The number of alkyl halides is 1. The van der Waals surface area contributed by atoms with Crippen molar-refractivity contribution in [1.82, 2.24) is 4.72 Å². The van der Waals surface area contributed by atoms with Crippen LogP contribution in [0.15, 0.2) is 23.1 Å². The molecule has 1 N–H and O–H groups in total. The van der Waals surface area contributed by atoms with Crippen molar-refractivity contribution in [3.63, 3.8) is 0 Å². The molecule has 0 saturated carbocycles. The number of hydrogen-bond donors (Lipinski definition) is 1. The molecule has 1 rings (SSSR count). The minimum atomic E-state index is -3.48. The van der Waals surface area contributed by atoms with Gasteiger partial charge in [0, 0.05) is 11.9 Å². The standard InChI is InChI=1S/C15H24ClNO2S/c1-5-13(6-2)15(16)10-17-20(18,19)14-8-7-11(3)12(4)9-14/h7-9,13,15,17H,5-6,10H2,1-4H3. The summed E-state index contributed by atoms with van der Waals surface area (Å²) in [5.74, 6) is 0.333. The lowest BCUT2D eigenvalue weighted by atomic mass is 9.99. The summed E-state index contributed by atoms with van der Waals surface area (Å²) in [7, 11) is -3.48. The summed E-state index contributed by atoms with van der Waals surface area (Å²) < 4.78 is 27.1. The fourth-order valence-corrected chi connectivity index (χ4v) is 3.79. The van der Waals surface area contributed by atoms with E-state index in [1.54, 1.807) is 12.1 Å². The van der Waals surface area contributed by atoms with Crippen molar-refractivity contribution in [2.75, 3.05) is 6.54 Å². The minimum absolute atomic E-state index is 0.175. The maximum absolute atomic E-state index is 12.2. The molecule has 1 aromatic carbocycles. The van der Waals surface area contributed by atoms with Gasteiger partial charge in [0.2, 0.25) is 10.0 Å². The van der Waals surface area contributed by atoms with Crippen molar-refractivity contribution >= 4 is 21.6 Å². The zero-order valence-electron chi connectivity index (χ0n) is 12.6. The predicted molar refractivity (Wildman–Crippen MR) is 84.8 cm³/mol. The Labute approximate surface area is 127 Å². The Kier molecular flexibility index (Phi) is 6.49. The Morgan fingerprint density at radius 2 is 1.75 bits per heavy atom. The van der Waals surface area contributed by atoms with Gasteiger partial charge in [-0.05, 0) is 43.0 Å². The van der Waals surface area contributed by atoms with E-state index in [1.165, 1.54) is 0 Å². The summed E-state index contributed by atoms with van der Waals surface area (Å²) in [5, 5.41) is -0.175. The predicted octanol–water partition coefficient (Wildman–Crippen LogP) is 3.63. The molecule has 0 saturated heterocycles. The van der Waals surface area contributed by atoms with E-state index in [9.17, 15) is 8.42 Å². The zero-order valence-corrected chi connectivity index (χ0v) is 14.2. The molecular formula is C15H24ClNO2S. The number of aryl methyl sites for hydroxylation is 2. The Bertz CT molecular complexity index is 539. The van der Waals surface area contributed by atoms with Crippen LogP contribution in [0.2, 0.25) is 0 Å². The first-order valence-corrected chi connectivity index (χ1v) is 8.94. The monoisotopic (exact) mass is 317 g/mol. The Hall–Kier alpha value is -0.580. The highest BCUT2D eigenvalue weighted by Crippen LogP contribution is 2.19. The van der Waals surface area contributed by atoms with Gasteiger partial charge < -0.3 is 0 Å². The summed E-state index contributed by atoms with van der Waals surface area (Å²) >= 11 is 6.27. The normalized spacial score (nSPS) is 13.7. The second-order valence-corrected chi connectivity index (χ2v) is 7.52. The van der Waals surface area contributed by atoms with Gasteiger partial charge in [0.25, 0.3) is 0 Å². The molecule has 0 aliphatic rings. The smallest absolute Gasteiger partial charge is 0.210 e. The molecule has 0 fully saturated rings. The van der Waals surface area contributed by atoms with Gasteiger partial charge in [-0.25, -0.2) is 13.1 Å². The van der Waals surface area contributed by atoms with Gasteiger partial charge >= 0.3 is 0 Å². The van der Waals surface area contributed by atoms with Crippen LogP contribution >= 0.6 is 11.6 Å². The quantitative estimate of drug-likeness (QED) is 0.781. The topological polar surface area (TPSA) is 46.2 Å². The fourth-order valence-electron chi connectivity index (χ4n) is 2.12. The van der Waals surface area contributed by atoms with Crippen LogP contribution < -0.4 is 4.72 Å². The van der Waals surface area contributed by atoms with Gasteiger partial charge in [-0.3, -0.25) is 0 Å². The third-order valence-electron chi connectivity index (χ3n) is 3.82. The maximum Gasteiger partial charge on any atom is 0.240 e. The molecule has 3 nitrogen and oxygen atoms in total. The van der Waals surface area contributed by atoms with E-state index >= 15 is 0 Å². The lowest BCUT2D eigenvalue weighted by molar-refractivity contribution is 0.460. The molecular weight excluding hydrogens is 294 g/mol. The van der Waals surface area contributed by atoms with Crippen LogP contribution in [0, 0.1) is 19.8 Å². The zero-order chi connectivity index (χ0) is 15.3. The molecule has 114 valence electrons. The number of hydrogen-bond acceptors (Lipinski definition) is 2. The molecule has 0 amide bonds. The van der Waals surface area contributed by atoms with Crippen LogP contribution in [-0.4, -0.2) is 20.3 Å². The van der Waals surface area contributed by atoms with E-state index in [1.807, 2.05) is 19.9 Å². The van der Waals surface area contributed by atoms with E-state index < -0.39 is 10.0 Å². The van der Waals surface area contributed by atoms with Crippen LogP contribution in [0.5, 0.6) is 0 Å². The average molecular weight is 318 g/mol. The average Bonchev–Trinajstić information content (AvgIpc) is 2.41. The lowest BCUT2D eigenvalue weighted by Gasteiger charge is -2.19. The second-order valence-electron chi connectivity index (χ2n) is 5.19. The summed E-state index contributed by atoms with van der Waals surface area (Å²) in [5.41, 5.74) is 2.05. The van der Waals surface area contributed by atoms with Gasteiger partial charge in [0.1, 0.15) is 0 Å². The first kappa shape index (κ1) is 17.5. The SMILES string of the molecule is CCC(CC)C(Cl)CNS(=O)(=O)c1ccc(C)c(C)c1. The largest absolute Gasteiger partial charge is 0.240 e. The molecule has 0 heterocycles. The van der Waals surface area contributed by atoms with E-state index in [-0.39, 0.29) is 11.9 Å². The van der Waals surface area contributed by atoms with E-state index in [0.29, 0.717) is 10.8 Å². The fraction of sp³-hybridized carbons (Fsp3) is 0.600. The van der Waals surface area contributed by atoms with Gasteiger partial charge in [0.15, 0.2) is 0 Å². The molecule has 0 aliphatic carbocycles. The summed E-state index contributed by atoms with van der Waals surface area (Å²) in [4.78, 5) is 0.300. The van der Waals surface area contributed by atoms with Crippen molar-refractivity contribution in [2.24, 2.45) is 5.92 Å². The van der Waals surface area contributed by atoms with Gasteiger partial charge in [-0.1, -0.05) is 32.8 Å². The molecule has 5 heteroatoms. The molecule has 0 aromatic heterocycles. The van der Waals surface area contributed by atoms with E-state index in [0.717, 1.165) is 24.0 Å². The van der Waals surface area contributed by atoms with Crippen LogP contribution in [0.3, 0.4) is 0 Å².